The minimum absolute atomic E-state index is 0.0419. The van der Waals surface area contributed by atoms with Gasteiger partial charge in [0.15, 0.2) is 11.5 Å². The number of carbonyl (C=O) groups is 2. The van der Waals surface area contributed by atoms with Crippen LogP contribution in [0.4, 0.5) is 5.69 Å². The van der Waals surface area contributed by atoms with Crippen molar-refractivity contribution in [3.63, 3.8) is 0 Å². The molecular weight excluding hydrogens is 292 g/mol. The average molecular weight is 302 g/mol. The van der Waals surface area contributed by atoms with Crippen molar-refractivity contribution >= 4 is 28.9 Å². The number of nitrogens with zero attached hydrogens (tertiary/aromatic N) is 1. The minimum atomic E-state index is -1.10. The van der Waals surface area contributed by atoms with E-state index in [-0.39, 0.29) is 17.2 Å². The zero-order valence-electron chi connectivity index (χ0n) is 10.7. The van der Waals surface area contributed by atoms with Gasteiger partial charge in [-0.3, -0.25) is 4.79 Å². The number of hydrogen-bond acceptors (Lipinski definition) is 5. The lowest BCUT2D eigenvalue weighted by Gasteiger charge is -2.08. The number of ether oxygens (including phenoxy) is 1. The van der Waals surface area contributed by atoms with E-state index in [0.29, 0.717) is 11.3 Å². The van der Waals surface area contributed by atoms with Gasteiger partial charge in [-0.2, -0.15) is 5.26 Å². The Kier molecular flexibility index (Phi) is 4.53. The van der Waals surface area contributed by atoms with Crippen LogP contribution in [-0.2, 0) is 4.79 Å². The lowest BCUT2D eigenvalue weighted by Crippen LogP contribution is -2.21. The Balaban J connectivity index is 1.98. The number of nitrogens with one attached hydrogen (secondary N) is 1. The summed E-state index contributed by atoms with van der Waals surface area (Å²) in [5, 5.41) is 21.9. The number of benzene rings is 1. The third-order valence-corrected chi connectivity index (χ3v) is 3.39. The maximum Gasteiger partial charge on any atom is 0.349 e. The molecule has 0 saturated carbocycles. The van der Waals surface area contributed by atoms with Crippen LogP contribution in [0.3, 0.4) is 0 Å². The van der Waals surface area contributed by atoms with E-state index in [2.05, 4.69) is 5.32 Å². The van der Waals surface area contributed by atoms with Crippen LogP contribution in [-0.4, -0.2) is 23.6 Å². The average Bonchev–Trinajstić information content (AvgIpc) is 2.94. The highest BCUT2D eigenvalue weighted by Gasteiger charge is 2.14. The third kappa shape index (κ3) is 3.58. The number of carboxylic acid groups (broad SMARTS) is 1. The molecule has 0 fully saturated rings. The van der Waals surface area contributed by atoms with E-state index in [1.807, 2.05) is 6.07 Å². The van der Waals surface area contributed by atoms with Crippen LogP contribution < -0.4 is 10.1 Å². The van der Waals surface area contributed by atoms with Crippen molar-refractivity contribution in [1.29, 1.82) is 5.26 Å². The van der Waals surface area contributed by atoms with Gasteiger partial charge in [-0.05, 0) is 23.6 Å². The highest BCUT2D eigenvalue weighted by atomic mass is 32.1. The van der Waals surface area contributed by atoms with Crippen LogP contribution >= 0.6 is 11.3 Å². The largest absolute Gasteiger partial charge is 0.482 e. The molecule has 21 heavy (non-hydrogen) atoms. The van der Waals surface area contributed by atoms with Gasteiger partial charge in [0.05, 0.1) is 11.3 Å². The monoisotopic (exact) mass is 302 g/mol. The molecule has 1 heterocycles. The number of rotatable bonds is 5. The number of aromatic carboxylic acids is 1. The molecule has 0 aliphatic rings. The maximum absolute atomic E-state index is 11.8. The molecule has 6 nitrogen and oxygen atoms in total. The molecule has 0 aliphatic carbocycles. The normalized spacial score (nSPS) is 9.67. The number of thiophene rings is 1. The van der Waals surface area contributed by atoms with Gasteiger partial charge in [0.2, 0.25) is 0 Å². The number of carboxylic acids is 1. The van der Waals surface area contributed by atoms with Crippen molar-refractivity contribution in [3.8, 4) is 11.8 Å². The fourth-order valence-electron chi connectivity index (χ4n) is 1.59. The number of hydrogen-bond donors (Lipinski definition) is 2. The number of carbonyl (C=O) groups excluding carboxylic acids is 1. The predicted octanol–water partition coefficient (Wildman–Crippen LogP) is 2.34. The number of para-hydroxylation sites is 1. The highest BCUT2D eigenvalue weighted by molar-refractivity contribution is 7.12. The summed E-state index contributed by atoms with van der Waals surface area (Å²) in [6, 6.07) is 10.0. The SMILES string of the molecule is N#Cc1ccccc1NC(=O)COc1ccsc1C(=O)O. The van der Waals surface area contributed by atoms with Crippen LogP contribution in [0.15, 0.2) is 35.7 Å². The Morgan fingerprint density at radius 1 is 1.33 bits per heavy atom. The van der Waals surface area contributed by atoms with Crippen molar-refractivity contribution in [2.24, 2.45) is 0 Å². The second-order valence-electron chi connectivity index (χ2n) is 3.91. The Morgan fingerprint density at radius 2 is 2.10 bits per heavy atom. The molecule has 0 saturated heterocycles. The predicted molar refractivity (Wildman–Crippen MR) is 76.6 cm³/mol. The van der Waals surface area contributed by atoms with Crippen molar-refractivity contribution < 1.29 is 19.4 Å². The first-order chi connectivity index (χ1) is 10.1. The van der Waals surface area contributed by atoms with Crippen LogP contribution in [0.1, 0.15) is 15.2 Å². The van der Waals surface area contributed by atoms with Crippen LogP contribution in [0.25, 0.3) is 0 Å². The molecule has 0 atom stereocenters. The zero-order chi connectivity index (χ0) is 15.2. The van der Waals surface area contributed by atoms with Gasteiger partial charge in [0, 0.05) is 0 Å². The standard InChI is InChI=1S/C14H10N2O4S/c15-7-9-3-1-2-4-10(9)16-12(17)8-20-11-5-6-21-13(11)14(18)19/h1-6H,8H2,(H,16,17)(H,18,19). The summed E-state index contributed by atoms with van der Waals surface area (Å²) in [6.45, 7) is -0.337. The van der Waals surface area contributed by atoms with Gasteiger partial charge in [-0.25, -0.2) is 4.79 Å². The number of amides is 1. The molecule has 2 aromatic rings. The second kappa shape index (κ2) is 6.54. The lowest BCUT2D eigenvalue weighted by molar-refractivity contribution is -0.118. The van der Waals surface area contributed by atoms with Crippen molar-refractivity contribution in [1.82, 2.24) is 0 Å². The lowest BCUT2D eigenvalue weighted by atomic mass is 10.2. The first-order valence-corrected chi connectivity index (χ1v) is 6.72. The van der Waals surface area contributed by atoms with Gasteiger partial charge in [-0.1, -0.05) is 12.1 Å². The molecule has 106 valence electrons. The van der Waals surface area contributed by atoms with E-state index in [1.165, 1.54) is 6.07 Å². The fraction of sp³-hybridized carbons (Fsp3) is 0.0714. The highest BCUT2D eigenvalue weighted by Crippen LogP contribution is 2.24. The van der Waals surface area contributed by atoms with Crippen molar-refractivity contribution in [3.05, 3.63) is 46.2 Å². The van der Waals surface area contributed by atoms with E-state index in [4.69, 9.17) is 15.1 Å². The molecule has 0 bridgehead atoms. The Labute approximate surface area is 124 Å². The molecule has 2 rings (SSSR count). The summed E-state index contributed by atoms with van der Waals surface area (Å²) < 4.78 is 5.18. The van der Waals surface area contributed by atoms with E-state index < -0.39 is 11.9 Å². The van der Waals surface area contributed by atoms with E-state index in [9.17, 15) is 9.59 Å². The zero-order valence-corrected chi connectivity index (χ0v) is 11.5. The first kappa shape index (κ1) is 14.6. The molecule has 1 amide bonds. The number of nitriles is 1. The molecule has 7 heteroatoms. The van der Waals surface area contributed by atoms with Crippen LogP contribution in [0, 0.1) is 11.3 Å². The summed E-state index contributed by atoms with van der Waals surface area (Å²) in [5.41, 5.74) is 0.727. The molecule has 0 spiro atoms. The smallest absolute Gasteiger partial charge is 0.349 e. The van der Waals surface area contributed by atoms with Crippen LogP contribution in [0.5, 0.6) is 5.75 Å². The Morgan fingerprint density at radius 3 is 2.81 bits per heavy atom. The number of anilines is 1. The minimum Gasteiger partial charge on any atom is -0.482 e. The Bertz CT molecular complexity index is 718. The molecule has 1 aromatic heterocycles. The van der Waals surface area contributed by atoms with E-state index in [0.717, 1.165) is 11.3 Å². The Hall–Kier alpha value is -2.85. The fourth-order valence-corrected chi connectivity index (χ4v) is 2.26. The van der Waals surface area contributed by atoms with Crippen molar-refractivity contribution in [2.45, 2.75) is 0 Å². The van der Waals surface area contributed by atoms with E-state index in [1.54, 1.807) is 29.6 Å². The summed E-state index contributed by atoms with van der Waals surface area (Å²) in [5.74, 6) is -1.42. The summed E-state index contributed by atoms with van der Waals surface area (Å²) in [7, 11) is 0. The van der Waals surface area contributed by atoms with Crippen molar-refractivity contribution in [2.75, 3.05) is 11.9 Å². The molecular formula is C14H10N2O4S. The second-order valence-corrected chi connectivity index (χ2v) is 4.83. The molecule has 2 N–H and O–H groups in total. The summed E-state index contributed by atoms with van der Waals surface area (Å²) in [4.78, 5) is 22.7. The van der Waals surface area contributed by atoms with Gasteiger partial charge in [0.1, 0.15) is 11.8 Å². The third-order valence-electron chi connectivity index (χ3n) is 2.50. The maximum atomic E-state index is 11.8. The molecule has 0 aliphatic heterocycles. The summed E-state index contributed by atoms with van der Waals surface area (Å²) >= 11 is 1.02. The van der Waals surface area contributed by atoms with Crippen LogP contribution in [0.2, 0.25) is 0 Å². The van der Waals surface area contributed by atoms with Gasteiger partial charge in [-0.15, -0.1) is 11.3 Å². The quantitative estimate of drug-likeness (QED) is 0.883. The first-order valence-electron chi connectivity index (χ1n) is 5.84. The van der Waals surface area contributed by atoms with Gasteiger partial charge in [0.25, 0.3) is 5.91 Å². The molecule has 0 radical (unpaired) electrons. The topological polar surface area (TPSA) is 99.4 Å². The van der Waals surface area contributed by atoms with Gasteiger partial charge < -0.3 is 15.2 Å². The molecule has 1 aromatic carbocycles. The van der Waals surface area contributed by atoms with E-state index >= 15 is 0 Å². The van der Waals surface area contributed by atoms with Gasteiger partial charge >= 0.3 is 5.97 Å². The summed E-state index contributed by atoms with van der Waals surface area (Å²) in [6.07, 6.45) is 0. The molecule has 0 unspecified atom stereocenters.